The summed E-state index contributed by atoms with van der Waals surface area (Å²) in [5, 5.41) is 4.94. The number of carbonyl (C=O) groups is 3. The molecule has 0 saturated carbocycles. The average molecular weight is 472 g/mol. The molecule has 0 spiro atoms. The second kappa shape index (κ2) is 10.9. The van der Waals surface area contributed by atoms with Gasteiger partial charge in [0.1, 0.15) is 5.70 Å². The molecule has 3 rings (SSSR count). The van der Waals surface area contributed by atoms with Gasteiger partial charge in [-0.25, -0.2) is 13.2 Å². The van der Waals surface area contributed by atoms with Gasteiger partial charge in [-0.2, -0.15) is 4.31 Å². The Morgan fingerprint density at radius 3 is 2.24 bits per heavy atom. The first-order valence-corrected chi connectivity index (χ1v) is 11.8. The molecule has 2 amide bonds. The summed E-state index contributed by atoms with van der Waals surface area (Å²) in [5.41, 5.74) is 0.933. The molecule has 0 aromatic heterocycles. The number of nitrogens with one attached hydrogen (secondary N) is 2. The highest BCUT2D eigenvalue weighted by Gasteiger charge is 2.27. The molecule has 0 aliphatic carbocycles. The van der Waals surface area contributed by atoms with Crippen LogP contribution in [0.4, 0.5) is 5.69 Å². The van der Waals surface area contributed by atoms with Crippen LogP contribution in [0, 0.1) is 0 Å². The van der Waals surface area contributed by atoms with Crippen LogP contribution in [-0.2, 0) is 29.1 Å². The van der Waals surface area contributed by atoms with E-state index in [1.54, 1.807) is 24.3 Å². The fraction of sp³-hybridized carbons (Fsp3) is 0.261. The summed E-state index contributed by atoms with van der Waals surface area (Å²) >= 11 is 0. The van der Waals surface area contributed by atoms with E-state index in [2.05, 4.69) is 10.6 Å². The monoisotopic (exact) mass is 471 g/mol. The lowest BCUT2D eigenvalue weighted by Crippen LogP contribution is -2.29. The van der Waals surface area contributed by atoms with E-state index in [0.29, 0.717) is 24.3 Å². The van der Waals surface area contributed by atoms with Gasteiger partial charge in [-0.15, -0.1) is 0 Å². The van der Waals surface area contributed by atoms with E-state index < -0.39 is 34.4 Å². The molecule has 0 atom stereocenters. The number of ether oxygens (including phenoxy) is 1. The van der Waals surface area contributed by atoms with E-state index in [0.717, 1.165) is 12.8 Å². The van der Waals surface area contributed by atoms with Crippen molar-refractivity contribution in [3.05, 3.63) is 65.9 Å². The van der Waals surface area contributed by atoms with Crippen molar-refractivity contribution < 1.29 is 27.5 Å². The fourth-order valence-electron chi connectivity index (χ4n) is 3.25. The van der Waals surface area contributed by atoms with Crippen LogP contribution in [0.5, 0.6) is 0 Å². The molecule has 2 aromatic carbocycles. The number of anilines is 1. The van der Waals surface area contributed by atoms with Crippen molar-refractivity contribution in [2.75, 3.05) is 25.0 Å². The number of esters is 1. The third kappa shape index (κ3) is 6.74. The van der Waals surface area contributed by atoms with E-state index in [9.17, 15) is 22.8 Å². The number of rotatable bonds is 8. The van der Waals surface area contributed by atoms with Crippen molar-refractivity contribution in [2.24, 2.45) is 0 Å². The van der Waals surface area contributed by atoms with Crippen LogP contribution >= 0.6 is 0 Å². The summed E-state index contributed by atoms with van der Waals surface area (Å²) < 4.78 is 31.6. The number of hydrogen-bond acceptors (Lipinski definition) is 6. The maximum atomic E-state index is 12.6. The standard InChI is InChI=1S/C23H25N3O6S/c1-17(27)24-21(15-18-7-3-2-4-8-18)23(29)32-16-22(28)25-19-9-11-20(12-10-19)33(30,31)26-13-5-6-14-26/h2-4,7-12,15H,5-6,13-14,16H2,1H3,(H,24,27)(H,25,28)/b21-15-. The second-order valence-corrected chi connectivity index (χ2v) is 9.35. The molecule has 0 bridgehead atoms. The van der Waals surface area contributed by atoms with Crippen molar-refractivity contribution in [1.29, 1.82) is 0 Å². The van der Waals surface area contributed by atoms with Crippen molar-refractivity contribution >= 4 is 39.6 Å². The SMILES string of the molecule is CC(=O)N/C(=C\c1ccccc1)C(=O)OCC(=O)Nc1ccc(S(=O)(=O)N2CCCC2)cc1. The zero-order valence-corrected chi connectivity index (χ0v) is 18.9. The Labute approximate surface area is 192 Å². The Kier molecular flexibility index (Phi) is 7.96. The third-order valence-electron chi connectivity index (χ3n) is 4.82. The second-order valence-electron chi connectivity index (χ2n) is 7.41. The number of benzene rings is 2. The first-order valence-electron chi connectivity index (χ1n) is 10.4. The molecule has 10 heteroatoms. The largest absolute Gasteiger partial charge is 0.451 e. The minimum absolute atomic E-state index is 0.0991. The van der Waals surface area contributed by atoms with Crippen LogP contribution in [0.3, 0.4) is 0 Å². The van der Waals surface area contributed by atoms with Crippen LogP contribution < -0.4 is 10.6 Å². The molecule has 1 heterocycles. The quantitative estimate of drug-likeness (QED) is 0.449. The molecule has 174 valence electrons. The molecule has 1 aliphatic heterocycles. The number of nitrogens with zero attached hydrogens (tertiary/aromatic N) is 1. The van der Waals surface area contributed by atoms with Crippen LogP contribution in [-0.4, -0.2) is 50.2 Å². The lowest BCUT2D eigenvalue weighted by Gasteiger charge is -2.15. The summed E-state index contributed by atoms with van der Waals surface area (Å²) in [6.07, 6.45) is 3.13. The van der Waals surface area contributed by atoms with Crippen LogP contribution in [0.1, 0.15) is 25.3 Å². The van der Waals surface area contributed by atoms with Gasteiger partial charge >= 0.3 is 5.97 Å². The number of hydrogen-bond donors (Lipinski definition) is 2. The molecule has 1 fully saturated rings. The van der Waals surface area contributed by atoms with Gasteiger partial charge in [0.15, 0.2) is 6.61 Å². The van der Waals surface area contributed by atoms with E-state index in [4.69, 9.17) is 4.74 Å². The number of sulfonamides is 1. The van der Waals surface area contributed by atoms with Crippen molar-refractivity contribution in [1.82, 2.24) is 9.62 Å². The van der Waals surface area contributed by atoms with Crippen LogP contribution in [0.15, 0.2) is 65.2 Å². The Bertz CT molecular complexity index is 1140. The van der Waals surface area contributed by atoms with Crippen molar-refractivity contribution in [2.45, 2.75) is 24.7 Å². The Morgan fingerprint density at radius 1 is 1.00 bits per heavy atom. The normalized spacial score (nSPS) is 14.5. The molecule has 1 aliphatic rings. The molecule has 0 unspecified atom stereocenters. The van der Waals surface area contributed by atoms with Gasteiger partial charge in [0.25, 0.3) is 5.91 Å². The first kappa shape index (κ1) is 24.1. The highest BCUT2D eigenvalue weighted by molar-refractivity contribution is 7.89. The van der Waals surface area contributed by atoms with Gasteiger partial charge in [0, 0.05) is 25.7 Å². The summed E-state index contributed by atoms with van der Waals surface area (Å²) in [7, 11) is -3.54. The van der Waals surface area contributed by atoms with Crippen molar-refractivity contribution in [3.8, 4) is 0 Å². The zero-order valence-electron chi connectivity index (χ0n) is 18.1. The average Bonchev–Trinajstić information content (AvgIpc) is 3.34. The molecule has 33 heavy (non-hydrogen) atoms. The molecule has 2 N–H and O–H groups in total. The molecule has 9 nitrogen and oxygen atoms in total. The predicted octanol–water partition coefficient (Wildman–Crippen LogP) is 2.13. The fourth-order valence-corrected chi connectivity index (χ4v) is 4.76. The lowest BCUT2D eigenvalue weighted by atomic mass is 10.2. The van der Waals surface area contributed by atoms with Gasteiger partial charge in [-0.05, 0) is 48.7 Å². The van der Waals surface area contributed by atoms with Gasteiger partial charge < -0.3 is 15.4 Å². The maximum Gasteiger partial charge on any atom is 0.355 e. The molecule has 2 aromatic rings. The minimum Gasteiger partial charge on any atom is -0.451 e. The van der Waals surface area contributed by atoms with E-state index >= 15 is 0 Å². The van der Waals surface area contributed by atoms with Crippen LogP contribution in [0.2, 0.25) is 0 Å². The molecular weight excluding hydrogens is 446 g/mol. The predicted molar refractivity (Wildman–Crippen MR) is 122 cm³/mol. The lowest BCUT2D eigenvalue weighted by molar-refractivity contribution is -0.144. The van der Waals surface area contributed by atoms with Crippen LogP contribution in [0.25, 0.3) is 6.08 Å². The molecular formula is C23H25N3O6S. The summed E-state index contributed by atoms with van der Waals surface area (Å²) in [5.74, 6) is -1.93. The van der Waals surface area contributed by atoms with Crippen molar-refractivity contribution in [3.63, 3.8) is 0 Å². The number of carbonyl (C=O) groups excluding carboxylic acids is 3. The number of amides is 2. The topological polar surface area (TPSA) is 122 Å². The maximum absolute atomic E-state index is 12.6. The Hall–Kier alpha value is -3.50. The summed E-state index contributed by atoms with van der Waals surface area (Å²) in [4.78, 5) is 36.1. The summed E-state index contributed by atoms with van der Waals surface area (Å²) in [6.45, 7) is 1.68. The highest BCUT2D eigenvalue weighted by Crippen LogP contribution is 2.22. The highest BCUT2D eigenvalue weighted by atomic mass is 32.2. The van der Waals surface area contributed by atoms with Gasteiger partial charge in [0.05, 0.1) is 4.90 Å². The van der Waals surface area contributed by atoms with Gasteiger partial charge in [-0.1, -0.05) is 30.3 Å². The summed E-state index contributed by atoms with van der Waals surface area (Å²) in [6, 6.07) is 14.6. The Balaban J connectivity index is 1.58. The third-order valence-corrected chi connectivity index (χ3v) is 6.73. The minimum atomic E-state index is -3.54. The van der Waals surface area contributed by atoms with E-state index in [-0.39, 0.29) is 10.6 Å². The van der Waals surface area contributed by atoms with Gasteiger partial charge in [0.2, 0.25) is 15.9 Å². The molecule has 1 saturated heterocycles. The zero-order chi connectivity index (χ0) is 23.8. The van der Waals surface area contributed by atoms with E-state index in [1.165, 1.54) is 41.6 Å². The smallest absolute Gasteiger partial charge is 0.355 e. The Morgan fingerprint density at radius 2 is 1.64 bits per heavy atom. The van der Waals surface area contributed by atoms with Gasteiger partial charge in [-0.3, -0.25) is 9.59 Å². The molecule has 0 radical (unpaired) electrons. The van der Waals surface area contributed by atoms with E-state index in [1.807, 2.05) is 6.07 Å². The first-order chi connectivity index (χ1) is 15.8.